The number of hydrogen-bond acceptors (Lipinski definition) is 7. The highest BCUT2D eigenvalue weighted by Gasteiger charge is 2.17. The molecular weight excluding hydrogens is 366 g/mol. The summed E-state index contributed by atoms with van der Waals surface area (Å²) in [6.07, 6.45) is 0. The molecule has 8 nitrogen and oxygen atoms in total. The summed E-state index contributed by atoms with van der Waals surface area (Å²) in [6.45, 7) is 1.51. The summed E-state index contributed by atoms with van der Waals surface area (Å²) in [5, 5.41) is 2.57. The second kappa shape index (κ2) is 9.96. The molecule has 0 aliphatic heterocycles. The van der Waals surface area contributed by atoms with Gasteiger partial charge in [0.05, 0.1) is 26.4 Å². The second-order valence-corrected chi connectivity index (χ2v) is 5.49. The molecule has 0 spiro atoms. The minimum Gasteiger partial charge on any atom is -0.497 e. The highest BCUT2D eigenvalue weighted by molar-refractivity contribution is 5.97. The topological polar surface area (TPSA) is 100 Å². The molecule has 2 aromatic carbocycles. The Balaban J connectivity index is 1.93. The third-order valence-electron chi connectivity index (χ3n) is 3.64. The van der Waals surface area contributed by atoms with E-state index >= 15 is 0 Å². The van der Waals surface area contributed by atoms with Crippen LogP contribution in [0.5, 0.6) is 11.5 Å². The van der Waals surface area contributed by atoms with Crippen LogP contribution in [0.4, 0.5) is 5.69 Å². The number of esters is 2. The van der Waals surface area contributed by atoms with Crippen molar-refractivity contribution in [2.45, 2.75) is 6.92 Å². The van der Waals surface area contributed by atoms with Crippen LogP contribution in [0.25, 0.3) is 0 Å². The van der Waals surface area contributed by atoms with E-state index in [4.69, 9.17) is 18.9 Å². The van der Waals surface area contributed by atoms with Gasteiger partial charge in [0.25, 0.3) is 5.91 Å². The van der Waals surface area contributed by atoms with Crippen molar-refractivity contribution in [2.75, 3.05) is 32.8 Å². The fourth-order valence-electron chi connectivity index (χ4n) is 2.28. The number of benzene rings is 2. The van der Waals surface area contributed by atoms with E-state index in [2.05, 4.69) is 5.32 Å². The number of nitrogens with one attached hydrogen (secondary N) is 1. The zero-order chi connectivity index (χ0) is 20.5. The van der Waals surface area contributed by atoms with Crippen LogP contribution in [0.2, 0.25) is 0 Å². The van der Waals surface area contributed by atoms with Crippen molar-refractivity contribution in [3.8, 4) is 11.5 Å². The monoisotopic (exact) mass is 387 g/mol. The van der Waals surface area contributed by atoms with Crippen molar-refractivity contribution in [1.82, 2.24) is 0 Å². The van der Waals surface area contributed by atoms with Crippen molar-refractivity contribution in [3.05, 3.63) is 53.6 Å². The Labute approximate surface area is 162 Å². The third kappa shape index (κ3) is 5.47. The number of methoxy groups -OCH3 is 2. The molecule has 0 aliphatic rings. The van der Waals surface area contributed by atoms with Gasteiger partial charge in [-0.15, -0.1) is 0 Å². The van der Waals surface area contributed by atoms with Gasteiger partial charge in [-0.25, -0.2) is 9.59 Å². The fourth-order valence-corrected chi connectivity index (χ4v) is 2.28. The summed E-state index contributed by atoms with van der Waals surface area (Å²) in [5.41, 5.74) is 0.970. The van der Waals surface area contributed by atoms with Crippen LogP contribution in [-0.4, -0.2) is 45.3 Å². The molecule has 8 heteroatoms. The molecule has 0 fully saturated rings. The molecule has 0 atom stereocenters. The smallest absolute Gasteiger partial charge is 0.342 e. The van der Waals surface area contributed by atoms with Gasteiger partial charge in [-0.1, -0.05) is 0 Å². The van der Waals surface area contributed by atoms with Crippen LogP contribution < -0.4 is 14.8 Å². The summed E-state index contributed by atoms with van der Waals surface area (Å²) in [6, 6.07) is 10.8. The standard InChI is InChI=1S/C20H21NO7/c1-4-27-19(23)13-5-7-14(8-6-13)21-18(22)12-28-20(24)16-11-15(25-2)9-10-17(16)26-3/h5-11H,4,12H2,1-3H3,(H,21,22). The Bertz CT molecular complexity index is 846. The van der Waals surface area contributed by atoms with Gasteiger partial charge in [0.1, 0.15) is 17.1 Å². The lowest BCUT2D eigenvalue weighted by Crippen LogP contribution is -2.21. The molecule has 1 amide bonds. The molecule has 0 bridgehead atoms. The summed E-state index contributed by atoms with van der Waals surface area (Å²) in [5.74, 6) is -0.927. The lowest BCUT2D eigenvalue weighted by atomic mass is 10.2. The maximum atomic E-state index is 12.2. The van der Waals surface area contributed by atoms with Crippen LogP contribution in [0.1, 0.15) is 27.6 Å². The molecule has 0 saturated carbocycles. The van der Waals surface area contributed by atoms with Gasteiger partial charge in [-0.2, -0.15) is 0 Å². The molecule has 0 saturated heterocycles. The third-order valence-corrected chi connectivity index (χ3v) is 3.64. The Morgan fingerprint density at radius 2 is 1.61 bits per heavy atom. The first-order chi connectivity index (χ1) is 13.5. The van der Waals surface area contributed by atoms with E-state index in [1.165, 1.54) is 32.4 Å². The van der Waals surface area contributed by atoms with Crippen molar-refractivity contribution < 1.29 is 33.3 Å². The molecule has 148 valence electrons. The largest absolute Gasteiger partial charge is 0.497 e. The van der Waals surface area contributed by atoms with E-state index in [1.54, 1.807) is 31.2 Å². The molecule has 0 radical (unpaired) electrons. The fraction of sp³-hybridized carbons (Fsp3) is 0.250. The van der Waals surface area contributed by atoms with E-state index in [0.717, 1.165) is 0 Å². The van der Waals surface area contributed by atoms with Crippen LogP contribution >= 0.6 is 0 Å². The quantitative estimate of drug-likeness (QED) is 0.695. The molecule has 2 rings (SSSR count). The Kier molecular flexibility index (Phi) is 7.38. The van der Waals surface area contributed by atoms with Gasteiger partial charge >= 0.3 is 11.9 Å². The van der Waals surface area contributed by atoms with Crippen LogP contribution in [0, 0.1) is 0 Å². The average molecular weight is 387 g/mol. The number of ether oxygens (including phenoxy) is 4. The molecule has 0 unspecified atom stereocenters. The predicted molar refractivity (Wildman–Crippen MR) is 101 cm³/mol. The number of carbonyl (C=O) groups is 3. The van der Waals surface area contributed by atoms with Gasteiger partial charge in [0.15, 0.2) is 6.61 Å². The molecule has 28 heavy (non-hydrogen) atoms. The van der Waals surface area contributed by atoms with Crippen LogP contribution in [0.3, 0.4) is 0 Å². The number of hydrogen-bond donors (Lipinski definition) is 1. The minimum absolute atomic E-state index is 0.147. The molecular formula is C20H21NO7. The van der Waals surface area contributed by atoms with Gasteiger partial charge in [0, 0.05) is 5.69 Å². The summed E-state index contributed by atoms with van der Waals surface area (Å²) >= 11 is 0. The molecule has 0 heterocycles. The van der Waals surface area contributed by atoms with Gasteiger partial charge in [0.2, 0.25) is 0 Å². The lowest BCUT2D eigenvalue weighted by molar-refractivity contribution is -0.119. The van der Waals surface area contributed by atoms with E-state index < -0.39 is 24.5 Å². The van der Waals surface area contributed by atoms with Crippen molar-refractivity contribution in [3.63, 3.8) is 0 Å². The first kappa shape index (κ1) is 20.8. The maximum absolute atomic E-state index is 12.2. The minimum atomic E-state index is -0.719. The Morgan fingerprint density at radius 1 is 0.893 bits per heavy atom. The van der Waals surface area contributed by atoms with Crippen LogP contribution in [-0.2, 0) is 14.3 Å². The van der Waals surface area contributed by atoms with Gasteiger partial charge in [-0.05, 0) is 49.4 Å². The number of anilines is 1. The number of carbonyl (C=O) groups excluding carboxylic acids is 3. The van der Waals surface area contributed by atoms with Crippen LogP contribution in [0.15, 0.2) is 42.5 Å². The predicted octanol–water partition coefficient (Wildman–Crippen LogP) is 2.68. The molecule has 0 aromatic heterocycles. The molecule has 2 aromatic rings. The van der Waals surface area contributed by atoms with Gasteiger partial charge < -0.3 is 24.3 Å². The molecule has 0 aliphatic carbocycles. The molecule has 1 N–H and O–H groups in total. The number of amides is 1. The summed E-state index contributed by atoms with van der Waals surface area (Å²) in [4.78, 5) is 35.9. The summed E-state index contributed by atoms with van der Waals surface area (Å²) in [7, 11) is 2.89. The van der Waals surface area contributed by atoms with Crippen molar-refractivity contribution in [1.29, 1.82) is 0 Å². The normalized spacial score (nSPS) is 9.96. The maximum Gasteiger partial charge on any atom is 0.342 e. The highest BCUT2D eigenvalue weighted by atomic mass is 16.5. The van der Waals surface area contributed by atoms with E-state index in [0.29, 0.717) is 22.7 Å². The number of rotatable bonds is 8. The first-order valence-electron chi connectivity index (χ1n) is 8.44. The van der Waals surface area contributed by atoms with Crippen molar-refractivity contribution >= 4 is 23.5 Å². The van der Waals surface area contributed by atoms with E-state index in [9.17, 15) is 14.4 Å². The Hall–Kier alpha value is -3.55. The average Bonchev–Trinajstić information content (AvgIpc) is 2.72. The first-order valence-corrected chi connectivity index (χ1v) is 8.44. The highest BCUT2D eigenvalue weighted by Crippen LogP contribution is 2.24. The van der Waals surface area contributed by atoms with Gasteiger partial charge in [-0.3, -0.25) is 4.79 Å². The Morgan fingerprint density at radius 3 is 2.21 bits per heavy atom. The summed E-state index contributed by atoms with van der Waals surface area (Å²) < 4.78 is 20.1. The van der Waals surface area contributed by atoms with E-state index in [-0.39, 0.29) is 12.2 Å². The zero-order valence-corrected chi connectivity index (χ0v) is 15.8. The zero-order valence-electron chi connectivity index (χ0n) is 15.8. The second-order valence-electron chi connectivity index (χ2n) is 5.49. The lowest BCUT2D eigenvalue weighted by Gasteiger charge is -2.11. The van der Waals surface area contributed by atoms with Crippen molar-refractivity contribution in [2.24, 2.45) is 0 Å². The SMILES string of the molecule is CCOC(=O)c1ccc(NC(=O)COC(=O)c2cc(OC)ccc2OC)cc1. The van der Waals surface area contributed by atoms with E-state index in [1.807, 2.05) is 0 Å².